The van der Waals surface area contributed by atoms with Gasteiger partial charge >= 0.3 is 0 Å². The van der Waals surface area contributed by atoms with Crippen molar-refractivity contribution in [2.24, 2.45) is 0 Å². The molecule has 0 aliphatic carbocycles. The number of rotatable bonds is 2. The Morgan fingerprint density at radius 1 is 1.57 bits per heavy atom. The van der Waals surface area contributed by atoms with Gasteiger partial charge in [0.1, 0.15) is 12.0 Å². The van der Waals surface area contributed by atoms with E-state index in [4.69, 9.17) is 10.5 Å². The molecule has 0 aromatic heterocycles. The van der Waals surface area contributed by atoms with Crippen LogP contribution in [0, 0.1) is 11.8 Å². The van der Waals surface area contributed by atoms with Crippen molar-refractivity contribution in [2.45, 2.75) is 6.42 Å². The molecule has 14 heavy (non-hydrogen) atoms. The summed E-state index contributed by atoms with van der Waals surface area (Å²) >= 11 is 0. The Morgan fingerprint density at radius 2 is 2.36 bits per heavy atom. The smallest absolute Gasteiger partial charge is 0.131 e. The third kappa shape index (κ3) is 2.53. The van der Waals surface area contributed by atoms with Crippen molar-refractivity contribution < 1.29 is 9.53 Å². The van der Waals surface area contributed by atoms with Gasteiger partial charge in [0.15, 0.2) is 0 Å². The molecule has 0 radical (unpaired) electrons. The van der Waals surface area contributed by atoms with Crippen molar-refractivity contribution in [1.82, 2.24) is 0 Å². The number of carbonyl (C=O) groups excluding carboxylic acids is 1. The molecule has 3 nitrogen and oxygen atoms in total. The first-order valence-corrected chi connectivity index (χ1v) is 4.14. The number of nitrogen functional groups attached to an aromatic ring is 1. The summed E-state index contributed by atoms with van der Waals surface area (Å²) in [5, 5.41) is 0. The predicted octanol–water partition coefficient (Wildman–Crippen LogP) is 1.22. The van der Waals surface area contributed by atoms with Crippen LogP contribution in [0.4, 0.5) is 5.69 Å². The molecule has 0 saturated carbocycles. The highest BCUT2D eigenvalue weighted by Gasteiger charge is 1.97. The number of aldehydes is 1. The van der Waals surface area contributed by atoms with Gasteiger partial charge < -0.3 is 15.3 Å². The Labute approximate surface area is 82.9 Å². The predicted molar refractivity (Wildman–Crippen MR) is 55.0 cm³/mol. The summed E-state index contributed by atoms with van der Waals surface area (Å²) in [7, 11) is 1.58. The van der Waals surface area contributed by atoms with E-state index in [1.165, 1.54) is 0 Å². The van der Waals surface area contributed by atoms with E-state index >= 15 is 0 Å². The molecular weight excluding hydrogens is 178 g/mol. The Balaban J connectivity index is 2.96. The van der Waals surface area contributed by atoms with Crippen LogP contribution in [0.5, 0.6) is 5.75 Å². The van der Waals surface area contributed by atoms with E-state index in [1.54, 1.807) is 25.3 Å². The fraction of sp³-hybridized carbons (Fsp3) is 0.182. The second-order valence-corrected chi connectivity index (χ2v) is 2.63. The second kappa shape index (κ2) is 4.93. The molecule has 1 aromatic carbocycles. The molecule has 0 aliphatic heterocycles. The number of hydrogen-bond acceptors (Lipinski definition) is 3. The fourth-order valence-electron chi connectivity index (χ4n) is 0.959. The van der Waals surface area contributed by atoms with Gasteiger partial charge in [0, 0.05) is 5.69 Å². The van der Waals surface area contributed by atoms with Crippen LogP contribution in [-0.2, 0) is 4.79 Å². The first kappa shape index (κ1) is 10.1. The first-order chi connectivity index (χ1) is 6.77. The van der Waals surface area contributed by atoms with Crippen LogP contribution >= 0.6 is 0 Å². The zero-order valence-electron chi connectivity index (χ0n) is 7.91. The third-order valence-corrected chi connectivity index (χ3v) is 1.67. The molecule has 0 saturated heterocycles. The molecule has 1 aromatic rings. The van der Waals surface area contributed by atoms with Crippen molar-refractivity contribution >= 4 is 12.0 Å². The van der Waals surface area contributed by atoms with E-state index in [1.807, 2.05) is 0 Å². The lowest BCUT2D eigenvalue weighted by atomic mass is 10.1. The van der Waals surface area contributed by atoms with E-state index in [0.29, 0.717) is 17.0 Å². The van der Waals surface area contributed by atoms with Gasteiger partial charge in [-0.2, -0.15) is 0 Å². The molecule has 0 spiro atoms. The highest BCUT2D eigenvalue weighted by molar-refractivity contribution is 5.60. The van der Waals surface area contributed by atoms with Crippen LogP contribution < -0.4 is 10.5 Å². The summed E-state index contributed by atoms with van der Waals surface area (Å²) in [5.74, 6) is 6.20. The highest BCUT2D eigenvalue weighted by atomic mass is 16.5. The monoisotopic (exact) mass is 189 g/mol. The topological polar surface area (TPSA) is 52.3 Å². The van der Waals surface area contributed by atoms with E-state index in [0.717, 1.165) is 6.29 Å². The fourth-order valence-corrected chi connectivity index (χ4v) is 0.959. The summed E-state index contributed by atoms with van der Waals surface area (Å²) in [6, 6.07) is 5.23. The average Bonchev–Trinajstić information content (AvgIpc) is 2.21. The van der Waals surface area contributed by atoms with Gasteiger partial charge in [-0.05, 0) is 18.2 Å². The SMILES string of the molecule is COc1ccc(N)c(C#CCC=O)c1. The van der Waals surface area contributed by atoms with Gasteiger partial charge in [-0.15, -0.1) is 0 Å². The minimum absolute atomic E-state index is 0.219. The maximum absolute atomic E-state index is 10.0. The maximum atomic E-state index is 10.0. The first-order valence-electron chi connectivity index (χ1n) is 4.14. The lowest BCUT2D eigenvalue weighted by molar-refractivity contribution is -0.107. The standard InChI is InChI=1S/C11H11NO2/c1-14-10-5-6-11(12)9(8-10)4-2-3-7-13/h5-8H,3,12H2,1H3. The molecular formula is C11H11NO2. The minimum atomic E-state index is 0.219. The zero-order valence-corrected chi connectivity index (χ0v) is 7.91. The summed E-state index contributed by atoms with van der Waals surface area (Å²) in [4.78, 5) is 10.0. The largest absolute Gasteiger partial charge is 0.497 e. The van der Waals surface area contributed by atoms with Crippen LogP contribution in [0.25, 0.3) is 0 Å². The zero-order chi connectivity index (χ0) is 10.4. The molecule has 0 atom stereocenters. The number of anilines is 1. The molecule has 0 heterocycles. The second-order valence-electron chi connectivity index (χ2n) is 2.63. The molecule has 0 amide bonds. The van der Waals surface area contributed by atoms with Gasteiger partial charge in [-0.25, -0.2) is 0 Å². The Morgan fingerprint density at radius 3 is 3.00 bits per heavy atom. The van der Waals surface area contributed by atoms with Crippen molar-refractivity contribution in [3.63, 3.8) is 0 Å². The quantitative estimate of drug-likeness (QED) is 0.432. The molecule has 2 N–H and O–H groups in total. The average molecular weight is 189 g/mol. The molecule has 72 valence electrons. The molecule has 3 heteroatoms. The van der Waals surface area contributed by atoms with Gasteiger partial charge in [-0.1, -0.05) is 11.8 Å². The molecule has 0 bridgehead atoms. The van der Waals surface area contributed by atoms with E-state index in [-0.39, 0.29) is 6.42 Å². The number of methoxy groups -OCH3 is 1. The van der Waals surface area contributed by atoms with Crippen LogP contribution in [-0.4, -0.2) is 13.4 Å². The lowest BCUT2D eigenvalue weighted by Crippen LogP contribution is -1.91. The Hall–Kier alpha value is -1.95. The number of ether oxygens (including phenoxy) is 1. The van der Waals surface area contributed by atoms with Gasteiger partial charge in [0.05, 0.1) is 19.1 Å². The summed E-state index contributed by atoms with van der Waals surface area (Å²) < 4.78 is 5.02. The van der Waals surface area contributed by atoms with E-state index in [2.05, 4.69) is 11.8 Å². The number of carbonyl (C=O) groups is 1. The van der Waals surface area contributed by atoms with Crippen LogP contribution in [0.15, 0.2) is 18.2 Å². The van der Waals surface area contributed by atoms with Crippen LogP contribution in [0.2, 0.25) is 0 Å². The summed E-state index contributed by atoms with van der Waals surface area (Å²) in [6.07, 6.45) is 0.972. The molecule has 0 fully saturated rings. The van der Waals surface area contributed by atoms with Crippen molar-refractivity contribution in [2.75, 3.05) is 12.8 Å². The Bertz CT molecular complexity index is 388. The lowest BCUT2D eigenvalue weighted by Gasteiger charge is -2.02. The number of nitrogens with two attached hydrogens (primary N) is 1. The minimum Gasteiger partial charge on any atom is -0.497 e. The third-order valence-electron chi connectivity index (χ3n) is 1.67. The van der Waals surface area contributed by atoms with E-state index in [9.17, 15) is 4.79 Å². The highest BCUT2D eigenvalue weighted by Crippen LogP contribution is 2.18. The number of hydrogen-bond donors (Lipinski definition) is 1. The van der Waals surface area contributed by atoms with Crippen molar-refractivity contribution in [3.8, 4) is 17.6 Å². The van der Waals surface area contributed by atoms with Crippen LogP contribution in [0.3, 0.4) is 0 Å². The summed E-state index contributed by atoms with van der Waals surface area (Å²) in [6.45, 7) is 0. The molecule has 1 rings (SSSR count). The van der Waals surface area contributed by atoms with Gasteiger partial charge in [0.2, 0.25) is 0 Å². The van der Waals surface area contributed by atoms with Gasteiger partial charge in [-0.3, -0.25) is 0 Å². The Kier molecular flexibility index (Phi) is 3.57. The maximum Gasteiger partial charge on any atom is 0.131 e. The summed E-state index contributed by atoms with van der Waals surface area (Å²) in [5.41, 5.74) is 6.95. The molecule has 0 aliphatic rings. The normalized spacial score (nSPS) is 8.64. The van der Waals surface area contributed by atoms with Crippen molar-refractivity contribution in [1.29, 1.82) is 0 Å². The van der Waals surface area contributed by atoms with Gasteiger partial charge in [0.25, 0.3) is 0 Å². The number of benzene rings is 1. The van der Waals surface area contributed by atoms with Crippen molar-refractivity contribution in [3.05, 3.63) is 23.8 Å². The molecule has 0 unspecified atom stereocenters. The van der Waals surface area contributed by atoms with Crippen LogP contribution in [0.1, 0.15) is 12.0 Å². The van der Waals surface area contributed by atoms with E-state index < -0.39 is 0 Å².